The second kappa shape index (κ2) is 4.97. The van der Waals surface area contributed by atoms with Gasteiger partial charge >= 0.3 is 34.7 Å². The Morgan fingerprint density at radius 3 is 1.35 bits per heavy atom. The Morgan fingerprint density at radius 1 is 0.750 bits per heavy atom. The summed E-state index contributed by atoms with van der Waals surface area (Å²) < 4.78 is 118. The number of ether oxygens (including phenoxy) is 1. The summed E-state index contributed by atoms with van der Waals surface area (Å²) in [7, 11) is 0. The van der Waals surface area contributed by atoms with E-state index in [0.29, 0.717) is 0 Å². The number of esters is 1. The van der Waals surface area contributed by atoms with Gasteiger partial charge in [-0.25, -0.2) is 4.79 Å². The molecule has 20 heavy (non-hydrogen) atoms. The standard InChI is InChI=1S/C6Cl2F10O2/c7-4(8,3(11,12)6(16,17)18)20-1(19)2(9,10)5(13,14)15. The second-order valence-electron chi connectivity index (χ2n) is 3.05. The largest absolute Gasteiger partial charge is 0.465 e. The molecule has 0 aliphatic rings. The van der Waals surface area contributed by atoms with Crippen molar-refractivity contribution >= 4 is 29.2 Å². The first-order valence-corrected chi connectivity index (χ1v) is 4.64. The van der Waals surface area contributed by atoms with Gasteiger partial charge in [0.1, 0.15) is 0 Å². The number of carbonyl (C=O) groups is 1. The molecule has 0 fully saturated rings. The molecule has 0 radical (unpaired) electrons. The molecule has 0 amide bonds. The Balaban J connectivity index is 5.38. The molecule has 0 rings (SSSR count). The highest BCUT2D eigenvalue weighted by Gasteiger charge is 2.74. The van der Waals surface area contributed by atoms with E-state index in [2.05, 4.69) is 27.9 Å². The monoisotopic (exact) mass is 364 g/mol. The fourth-order valence-electron chi connectivity index (χ4n) is 0.525. The van der Waals surface area contributed by atoms with E-state index in [1.54, 1.807) is 0 Å². The fourth-order valence-corrected chi connectivity index (χ4v) is 0.880. The van der Waals surface area contributed by atoms with Crippen LogP contribution >= 0.6 is 23.2 Å². The molecule has 0 N–H and O–H groups in total. The van der Waals surface area contributed by atoms with Gasteiger partial charge in [0.15, 0.2) is 0 Å². The van der Waals surface area contributed by atoms with Crippen LogP contribution in [0.3, 0.4) is 0 Å². The molecule has 0 heterocycles. The average molecular weight is 365 g/mol. The van der Waals surface area contributed by atoms with Crippen molar-refractivity contribution in [3.8, 4) is 0 Å². The molecule has 0 unspecified atom stereocenters. The first kappa shape index (κ1) is 19.4. The van der Waals surface area contributed by atoms with Crippen molar-refractivity contribution in [2.45, 2.75) is 28.7 Å². The maximum atomic E-state index is 12.6. The van der Waals surface area contributed by atoms with Gasteiger partial charge < -0.3 is 4.74 Å². The highest BCUT2D eigenvalue weighted by molar-refractivity contribution is 6.48. The van der Waals surface area contributed by atoms with Crippen LogP contribution in [0.2, 0.25) is 0 Å². The summed E-state index contributed by atoms with van der Waals surface area (Å²) in [6, 6.07) is 0. The van der Waals surface area contributed by atoms with Crippen LogP contribution in [0.15, 0.2) is 0 Å². The summed E-state index contributed by atoms with van der Waals surface area (Å²) >= 11 is 8.43. The number of halogens is 12. The lowest BCUT2D eigenvalue weighted by Gasteiger charge is -2.31. The van der Waals surface area contributed by atoms with Gasteiger partial charge in [-0.2, -0.15) is 43.9 Å². The van der Waals surface area contributed by atoms with Gasteiger partial charge in [-0.05, 0) is 0 Å². The quantitative estimate of drug-likeness (QED) is 0.429. The van der Waals surface area contributed by atoms with Crippen LogP contribution in [0.5, 0.6) is 0 Å². The van der Waals surface area contributed by atoms with E-state index >= 15 is 0 Å². The van der Waals surface area contributed by atoms with Gasteiger partial charge in [0.2, 0.25) is 0 Å². The molecule has 0 saturated heterocycles. The predicted molar refractivity (Wildman–Crippen MR) is 42.5 cm³/mol. The summed E-state index contributed by atoms with van der Waals surface area (Å²) in [4.78, 5) is 10.3. The number of rotatable bonds is 3. The molecule has 0 saturated carbocycles. The smallest absolute Gasteiger partial charge is 0.417 e. The Hall–Kier alpha value is -0.650. The van der Waals surface area contributed by atoms with E-state index in [1.807, 2.05) is 0 Å². The molecule has 0 aromatic rings. The van der Waals surface area contributed by atoms with E-state index in [9.17, 15) is 48.7 Å². The maximum Gasteiger partial charge on any atom is 0.465 e. The Labute approximate surface area is 112 Å². The highest BCUT2D eigenvalue weighted by atomic mass is 35.5. The topological polar surface area (TPSA) is 26.3 Å². The highest BCUT2D eigenvalue weighted by Crippen LogP contribution is 2.51. The first-order chi connectivity index (χ1) is 8.38. The van der Waals surface area contributed by atoms with Gasteiger partial charge in [0, 0.05) is 0 Å². The Kier molecular flexibility index (Phi) is 4.81. The molecular formula is C6Cl2F10O2. The Morgan fingerprint density at radius 2 is 1.10 bits per heavy atom. The van der Waals surface area contributed by atoms with Gasteiger partial charge in [-0.3, -0.25) is 0 Å². The van der Waals surface area contributed by atoms with E-state index in [4.69, 9.17) is 0 Å². The van der Waals surface area contributed by atoms with Crippen LogP contribution in [-0.2, 0) is 9.53 Å². The molecule has 0 aromatic heterocycles. The van der Waals surface area contributed by atoms with Crippen molar-refractivity contribution in [1.82, 2.24) is 0 Å². The zero-order chi connectivity index (χ0) is 16.8. The minimum absolute atomic E-state index is 2.57. The molecule has 0 spiro atoms. The van der Waals surface area contributed by atoms with Crippen molar-refractivity contribution in [3.63, 3.8) is 0 Å². The van der Waals surface area contributed by atoms with E-state index in [0.717, 1.165) is 0 Å². The first-order valence-electron chi connectivity index (χ1n) is 3.88. The van der Waals surface area contributed by atoms with E-state index in [1.165, 1.54) is 0 Å². The van der Waals surface area contributed by atoms with E-state index in [-0.39, 0.29) is 0 Å². The number of alkyl halides is 12. The van der Waals surface area contributed by atoms with Crippen molar-refractivity contribution in [3.05, 3.63) is 0 Å². The predicted octanol–water partition coefficient (Wildman–Crippen LogP) is 4.06. The van der Waals surface area contributed by atoms with Gasteiger partial charge in [0.05, 0.1) is 0 Å². The zero-order valence-electron chi connectivity index (χ0n) is 8.35. The average Bonchev–Trinajstić information content (AvgIpc) is 2.12. The summed E-state index contributed by atoms with van der Waals surface area (Å²) in [5.74, 6) is -16.5. The summed E-state index contributed by atoms with van der Waals surface area (Å²) in [5.41, 5.74) is 0. The van der Waals surface area contributed by atoms with Crippen LogP contribution in [0.4, 0.5) is 43.9 Å². The normalized spacial score (nSPS) is 15.2. The van der Waals surface area contributed by atoms with Crippen molar-refractivity contribution < 1.29 is 53.4 Å². The number of hydrogen-bond donors (Lipinski definition) is 0. The molecule has 0 aromatic carbocycles. The molecule has 14 heteroatoms. The van der Waals surface area contributed by atoms with Gasteiger partial charge in [0.25, 0.3) is 0 Å². The van der Waals surface area contributed by atoms with Gasteiger partial charge in [-0.15, -0.1) is 0 Å². The lowest BCUT2D eigenvalue weighted by atomic mass is 10.3. The van der Waals surface area contributed by atoms with Crippen LogP contribution < -0.4 is 0 Å². The lowest BCUT2D eigenvalue weighted by Crippen LogP contribution is -2.56. The summed E-state index contributed by atoms with van der Waals surface area (Å²) in [6.07, 6.45) is -13.2. The third kappa shape index (κ3) is 3.32. The number of hydrogen-bond acceptors (Lipinski definition) is 2. The maximum absolute atomic E-state index is 12.6. The molecular weight excluding hydrogens is 365 g/mol. The van der Waals surface area contributed by atoms with Crippen molar-refractivity contribution in [2.24, 2.45) is 0 Å². The van der Waals surface area contributed by atoms with Crippen LogP contribution in [0.25, 0.3) is 0 Å². The molecule has 0 aliphatic carbocycles. The lowest BCUT2D eigenvalue weighted by molar-refractivity contribution is -0.320. The van der Waals surface area contributed by atoms with Crippen LogP contribution in [0, 0.1) is 0 Å². The van der Waals surface area contributed by atoms with E-state index < -0.39 is 34.7 Å². The van der Waals surface area contributed by atoms with Crippen molar-refractivity contribution in [2.75, 3.05) is 0 Å². The SMILES string of the molecule is O=C(OC(Cl)(Cl)C(F)(F)C(F)(F)F)C(F)(F)C(F)(F)F. The number of carbonyl (C=O) groups excluding carboxylic acids is 1. The minimum atomic E-state index is -6.61. The van der Waals surface area contributed by atoms with Crippen LogP contribution in [0.1, 0.15) is 0 Å². The van der Waals surface area contributed by atoms with Gasteiger partial charge in [-0.1, -0.05) is 23.2 Å². The molecule has 0 bridgehead atoms. The minimum Gasteiger partial charge on any atom is -0.417 e. The van der Waals surface area contributed by atoms with Crippen molar-refractivity contribution in [1.29, 1.82) is 0 Å². The summed E-state index contributed by atoms with van der Waals surface area (Å²) in [5, 5.41) is 0. The summed E-state index contributed by atoms with van der Waals surface area (Å²) in [6.45, 7) is 0. The third-order valence-corrected chi connectivity index (χ3v) is 2.18. The van der Waals surface area contributed by atoms with Crippen LogP contribution in [-0.4, -0.2) is 34.7 Å². The third-order valence-electron chi connectivity index (χ3n) is 1.55. The second-order valence-corrected chi connectivity index (χ2v) is 4.31. The molecule has 0 aliphatic heterocycles. The fraction of sp³-hybridized carbons (Fsp3) is 0.833. The Bertz CT molecular complexity index is 384. The molecule has 120 valence electrons. The molecule has 0 atom stereocenters. The zero-order valence-corrected chi connectivity index (χ0v) is 9.86. The molecule has 2 nitrogen and oxygen atoms in total.